The summed E-state index contributed by atoms with van der Waals surface area (Å²) in [7, 11) is 0. The summed E-state index contributed by atoms with van der Waals surface area (Å²) < 4.78 is 2.67. The molecule has 0 saturated carbocycles. The van der Waals surface area contributed by atoms with Gasteiger partial charge in [0.2, 0.25) is 0 Å². The lowest BCUT2D eigenvalue weighted by Crippen LogP contribution is -1.86. The molecule has 0 aromatic carbocycles. The average molecular weight is 295 g/mol. The molecule has 0 unspecified atom stereocenters. The summed E-state index contributed by atoms with van der Waals surface area (Å²) in [5, 5.41) is 11.5. The van der Waals surface area contributed by atoms with E-state index in [1.165, 1.54) is 0 Å². The summed E-state index contributed by atoms with van der Waals surface area (Å²) in [5.41, 5.74) is 0.946. The third-order valence-electron chi connectivity index (χ3n) is 2.32. The molecule has 0 aliphatic carbocycles. The third kappa shape index (κ3) is 1.44. The maximum Gasteiger partial charge on any atom is 0.156 e. The Hall–Kier alpha value is -1.33. The van der Waals surface area contributed by atoms with Crippen LogP contribution in [0.4, 0.5) is 0 Å². The number of imidazole rings is 1. The number of thiophene rings is 1. The summed E-state index contributed by atoms with van der Waals surface area (Å²) in [4.78, 5) is 5.53. The zero-order chi connectivity index (χ0) is 11.1. The van der Waals surface area contributed by atoms with Gasteiger partial charge in [-0.3, -0.25) is 4.40 Å². The van der Waals surface area contributed by atoms with Gasteiger partial charge < -0.3 is 5.11 Å². The lowest BCUT2D eigenvalue weighted by atomic mass is 10.4. The van der Waals surface area contributed by atoms with Crippen molar-refractivity contribution in [2.24, 2.45) is 0 Å². The molecule has 0 bridgehead atoms. The topological polar surface area (TPSA) is 37.5 Å². The number of aromatic nitrogens is 2. The first-order valence-corrected chi connectivity index (χ1v) is 6.33. The van der Waals surface area contributed by atoms with Gasteiger partial charge in [0, 0.05) is 0 Å². The molecule has 3 nitrogen and oxygen atoms in total. The Balaban J connectivity index is 2.37. The van der Waals surface area contributed by atoms with Gasteiger partial charge in [0.25, 0.3) is 0 Å². The predicted molar refractivity (Wildman–Crippen MR) is 67.9 cm³/mol. The predicted octanol–water partition coefficient (Wildman–Crippen LogP) is 3.53. The fourth-order valence-corrected chi connectivity index (χ4v) is 2.82. The molecule has 5 heteroatoms. The summed E-state index contributed by atoms with van der Waals surface area (Å²) >= 11 is 5.04. The highest BCUT2D eigenvalue weighted by Gasteiger charge is 2.11. The van der Waals surface area contributed by atoms with Gasteiger partial charge in [-0.05, 0) is 39.5 Å². The Kier molecular flexibility index (Phi) is 2.22. The van der Waals surface area contributed by atoms with Crippen LogP contribution in [0.5, 0.6) is 5.75 Å². The van der Waals surface area contributed by atoms with E-state index in [1.807, 2.05) is 28.0 Å². The van der Waals surface area contributed by atoms with Crippen LogP contribution < -0.4 is 0 Å². The molecule has 3 aromatic heterocycles. The summed E-state index contributed by atoms with van der Waals surface area (Å²) in [6, 6.07) is 7.48. The number of pyridine rings is 1. The molecule has 3 heterocycles. The molecular weight excluding hydrogens is 288 g/mol. The minimum absolute atomic E-state index is 0.232. The molecule has 0 saturated heterocycles. The third-order valence-corrected chi connectivity index (χ3v) is 3.77. The normalized spacial score (nSPS) is 11.1. The lowest BCUT2D eigenvalue weighted by Gasteiger charge is -1.99. The molecule has 0 radical (unpaired) electrons. The van der Waals surface area contributed by atoms with Crippen molar-refractivity contribution in [1.82, 2.24) is 9.38 Å². The molecule has 0 atom stereocenters. The molecule has 3 rings (SSSR count). The number of hydrogen-bond acceptors (Lipinski definition) is 3. The van der Waals surface area contributed by atoms with E-state index in [0.29, 0.717) is 0 Å². The van der Waals surface area contributed by atoms with E-state index in [2.05, 4.69) is 20.9 Å². The summed E-state index contributed by atoms with van der Waals surface area (Å²) in [6.07, 6.45) is 1.67. The number of rotatable bonds is 1. The Morgan fingerprint density at radius 3 is 2.94 bits per heavy atom. The molecule has 0 aliphatic heterocycles. The fraction of sp³-hybridized carbons (Fsp3) is 0. The van der Waals surface area contributed by atoms with Crippen LogP contribution in [0.3, 0.4) is 0 Å². The Morgan fingerprint density at radius 1 is 1.31 bits per heavy atom. The smallest absolute Gasteiger partial charge is 0.156 e. The van der Waals surface area contributed by atoms with E-state index >= 15 is 0 Å². The number of nitrogens with zero attached hydrogens (tertiary/aromatic N) is 2. The van der Waals surface area contributed by atoms with Crippen molar-refractivity contribution in [3.8, 4) is 16.5 Å². The zero-order valence-electron chi connectivity index (χ0n) is 8.09. The van der Waals surface area contributed by atoms with Gasteiger partial charge in [0.05, 0.1) is 16.6 Å². The fourth-order valence-electron chi connectivity index (χ4n) is 1.62. The van der Waals surface area contributed by atoms with Crippen LogP contribution in [-0.2, 0) is 0 Å². The molecular formula is C11H7BrN2OS. The molecule has 1 N–H and O–H groups in total. The van der Waals surface area contributed by atoms with Gasteiger partial charge in [-0.2, -0.15) is 0 Å². The minimum atomic E-state index is 0.232. The van der Waals surface area contributed by atoms with Gasteiger partial charge in [0.1, 0.15) is 10.4 Å². The Bertz CT molecular complexity index is 645. The standard InChI is InChI=1S/C11H7BrN2OS/c12-10-8-4-3-7(15)6-14(8)11(13-10)9-2-1-5-16-9/h1-6,15H. The van der Waals surface area contributed by atoms with Crippen molar-refractivity contribution < 1.29 is 5.11 Å². The van der Waals surface area contributed by atoms with Crippen LogP contribution in [0, 0.1) is 0 Å². The molecule has 16 heavy (non-hydrogen) atoms. The molecule has 0 amide bonds. The van der Waals surface area contributed by atoms with E-state index < -0.39 is 0 Å². The van der Waals surface area contributed by atoms with E-state index in [1.54, 1.807) is 23.6 Å². The van der Waals surface area contributed by atoms with Crippen LogP contribution in [-0.4, -0.2) is 14.5 Å². The molecule has 80 valence electrons. The number of fused-ring (bicyclic) bond motifs is 1. The SMILES string of the molecule is Oc1ccc2c(Br)nc(-c3cccs3)n2c1. The summed E-state index contributed by atoms with van der Waals surface area (Å²) in [5.74, 6) is 1.07. The van der Waals surface area contributed by atoms with Gasteiger partial charge in [-0.1, -0.05) is 6.07 Å². The number of aromatic hydroxyl groups is 1. The molecule has 0 spiro atoms. The van der Waals surface area contributed by atoms with Crippen LogP contribution in [0.15, 0.2) is 40.4 Å². The highest BCUT2D eigenvalue weighted by molar-refractivity contribution is 9.10. The van der Waals surface area contributed by atoms with Crippen molar-refractivity contribution in [1.29, 1.82) is 0 Å². The second-order valence-electron chi connectivity index (χ2n) is 3.35. The monoisotopic (exact) mass is 294 g/mol. The second kappa shape index (κ2) is 3.61. The zero-order valence-corrected chi connectivity index (χ0v) is 10.5. The first kappa shape index (κ1) is 9.86. The minimum Gasteiger partial charge on any atom is -0.506 e. The summed E-state index contributed by atoms with van der Waals surface area (Å²) in [6.45, 7) is 0. The van der Waals surface area contributed by atoms with Gasteiger partial charge in [-0.15, -0.1) is 11.3 Å². The molecule has 3 aromatic rings. The highest BCUT2D eigenvalue weighted by atomic mass is 79.9. The van der Waals surface area contributed by atoms with Crippen molar-refractivity contribution in [2.75, 3.05) is 0 Å². The quantitative estimate of drug-likeness (QED) is 0.745. The van der Waals surface area contributed by atoms with E-state index in [4.69, 9.17) is 0 Å². The van der Waals surface area contributed by atoms with Crippen molar-refractivity contribution in [3.05, 3.63) is 40.4 Å². The van der Waals surface area contributed by atoms with E-state index in [0.717, 1.165) is 20.8 Å². The number of hydrogen-bond donors (Lipinski definition) is 1. The van der Waals surface area contributed by atoms with Crippen LogP contribution in [0.25, 0.3) is 16.2 Å². The molecule has 0 aliphatic rings. The van der Waals surface area contributed by atoms with E-state index in [9.17, 15) is 5.11 Å². The van der Waals surface area contributed by atoms with Crippen molar-refractivity contribution in [2.45, 2.75) is 0 Å². The highest BCUT2D eigenvalue weighted by Crippen LogP contribution is 2.30. The van der Waals surface area contributed by atoms with Crippen LogP contribution in [0.2, 0.25) is 0 Å². The maximum absolute atomic E-state index is 9.50. The Labute approximate surface area is 104 Å². The molecule has 0 fully saturated rings. The van der Waals surface area contributed by atoms with Crippen molar-refractivity contribution >= 4 is 32.8 Å². The number of halogens is 1. The largest absolute Gasteiger partial charge is 0.506 e. The van der Waals surface area contributed by atoms with Crippen LogP contribution >= 0.6 is 27.3 Å². The Morgan fingerprint density at radius 2 is 2.19 bits per heavy atom. The maximum atomic E-state index is 9.50. The average Bonchev–Trinajstić information content (AvgIpc) is 2.86. The van der Waals surface area contributed by atoms with Crippen LogP contribution in [0.1, 0.15) is 0 Å². The van der Waals surface area contributed by atoms with Gasteiger partial charge >= 0.3 is 0 Å². The second-order valence-corrected chi connectivity index (χ2v) is 5.04. The first-order chi connectivity index (χ1) is 7.75. The first-order valence-electron chi connectivity index (χ1n) is 4.66. The van der Waals surface area contributed by atoms with E-state index in [-0.39, 0.29) is 5.75 Å². The van der Waals surface area contributed by atoms with Gasteiger partial charge in [-0.25, -0.2) is 4.98 Å². The lowest BCUT2D eigenvalue weighted by molar-refractivity contribution is 0.472. The van der Waals surface area contributed by atoms with Crippen molar-refractivity contribution in [3.63, 3.8) is 0 Å². The van der Waals surface area contributed by atoms with Gasteiger partial charge in [0.15, 0.2) is 5.82 Å².